The van der Waals surface area contributed by atoms with Gasteiger partial charge in [0.15, 0.2) is 9.84 Å². The van der Waals surface area contributed by atoms with E-state index in [0.717, 1.165) is 15.7 Å². The van der Waals surface area contributed by atoms with Crippen molar-refractivity contribution in [3.63, 3.8) is 0 Å². The molecule has 0 bridgehead atoms. The van der Waals surface area contributed by atoms with Crippen LogP contribution in [-0.4, -0.2) is 26.0 Å². The highest BCUT2D eigenvalue weighted by molar-refractivity contribution is 9.10. The van der Waals surface area contributed by atoms with Gasteiger partial charge in [0.05, 0.1) is 5.75 Å². The number of anilines is 1. The second-order valence-electron chi connectivity index (χ2n) is 4.18. The molecule has 0 aliphatic rings. The zero-order chi connectivity index (χ0) is 13.1. The van der Waals surface area contributed by atoms with Crippen molar-refractivity contribution in [1.29, 1.82) is 0 Å². The smallest absolute Gasteiger partial charge is 0.152 e. The molecule has 0 spiro atoms. The lowest BCUT2D eigenvalue weighted by Gasteiger charge is -2.17. The number of sulfone groups is 1. The van der Waals surface area contributed by atoms with Gasteiger partial charge in [0.25, 0.3) is 0 Å². The standard InChI is InChI=1S/C12H18BrNO2S/c1-4-17(15,16)8-10(3)14-11-7-5-6-9(2)12(11)13/h5-7,10,14H,4,8H2,1-3H3. The average molecular weight is 320 g/mol. The van der Waals surface area contributed by atoms with Crippen molar-refractivity contribution in [3.05, 3.63) is 28.2 Å². The van der Waals surface area contributed by atoms with Crippen LogP contribution in [0.15, 0.2) is 22.7 Å². The Morgan fingerprint density at radius 1 is 1.41 bits per heavy atom. The van der Waals surface area contributed by atoms with E-state index in [1.807, 2.05) is 32.0 Å². The third-order valence-electron chi connectivity index (χ3n) is 2.54. The summed E-state index contributed by atoms with van der Waals surface area (Å²) in [5.41, 5.74) is 2.06. The minimum atomic E-state index is -2.94. The van der Waals surface area contributed by atoms with Gasteiger partial charge in [-0.25, -0.2) is 8.42 Å². The van der Waals surface area contributed by atoms with Gasteiger partial charge in [-0.2, -0.15) is 0 Å². The third kappa shape index (κ3) is 4.32. The number of benzene rings is 1. The highest BCUT2D eigenvalue weighted by Crippen LogP contribution is 2.26. The molecule has 0 saturated carbocycles. The van der Waals surface area contributed by atoms with Crippen LogP contribution in [0.5, 0.6) is 0 Å². The first-order chi connectivity index (χ1) is 7.85. The van der Waals surface area contributed by atoms with Crippen LogP contribution in [0.25, 0.3) is 0 Å². The predicted octanol–water partition coefficient (Wildman–Crippen LogP) is 2.99. The quantitative estimate of drug-likeness (QED) is 0.907. The highest BCUT2D eigenvalue weighted by atomic mass is 79.9. The molecule has 1 aromatic carbocycles. The van der Waals surface area contributed by atoms with Crippen LogP contribution in [0, 0.1) is 6.92 Å². The molecule has 96 valence electrons. The van der Waals surface area contributed by atoms with Crippen LogP contribution in [0.4, 0.5) is 5.69 Å². The Balaban J connectivity index is 2.75. The Kier molecular flexibility index (Phi) is 5.01. The van der Waals surface area contributed by atoms with Gasteiger partial charge in [-0.05, 0) is 41.4 Å². The van der Waals surface area contributed by atoms with Gasteiger partial charge in [0.1, 0.15) is 0 Å². The first kappa shape index (κ1) is 14.5. The predicted molar refractivity (Wildman–Crippen MR) is 76.3 cm³/mol. The van der Waals surface area contributed by atoms with Crippen LogP contribution in [-0.2, 0) is 9.84 Å². The van der Waals surface area contributed by atoms with Crippen molar-refractivity contribution in [1.82, 2.24) is 0 Å². The van der Waals surface area contributed by atoms with Crippen LogP contribution in [0.1, 0.15) is 19.4 Å². The van der Waals surface area contributed by atoms with Crippen LogP contribution < -0.4 is 5.32 Å². The summed E-state index contributed by atoms with van der Waals surface area (Å²) in [6, 6.07) is 5.79. The normalized spacial score (nSPS) is 13.4. The van der Waals surface area contributed by atoms with Crippen molar-refractivity contribution < 1.29 is 8.42 Å². The van der Waals surface area contributed by atoms with Gasteiger partial charge in [-0.1, -0.05) is 19.1 Å². The van der Waals surface area contributed by atoms with Crippen molar-refractivity contribution >= 4 is 31.5 Å². The van der Waals surface area contributed by atoms with E-state index < -0.39 is 9.84 Å². The minimum Gasteiger partial charge on any atom is -0.381 e. The molecule has 1 aromatic rings. The Hall–Kier alpha value is -0.550. The summed E-state index contributed by atoms with van der Waals surface area (Å²) in [5, 5.41) is 3.22. The minimum absolute atomic E-state index is 0.0990. The number of hydrogen-bond donors (Lipinski definition) is 1. The summed E-state index contributed by atoms with van der Waals surface area (Å²) < 4.78 is 24.0. The molecule has 0 aliphatic heterocycles. The second-order valence-corrected chi connectivity index (χ2v) is 7.37. The monoisotopic (exact) mass is 319 g/mol. The van der Waals surface area contributed by atoms with Crippen molar-refractivity contribution in [2.45, 2.75) is 26.8 Å². The lowest BCUT2D eigenvalue weighted by Crippen LogP contribution is -2.26. The number of aryl methyl sites for hydroxylation is 1. The molecule has 0 amide bonds. The van der Waals surface area contributed by atoms with E-state index in [-0.39, 0.29) is 17.5 Å². The summed E-state index contributed by atoms with van der Waals surface area (Å²) in [5.74, 6) is 0.345. The van der Waals surface area contributed by atoms with E-state index in [2.05, 4.69) is 21.2 Å². The SMILES string of the molecule is CCS(=O)(=O)CC(C)Nc1cccc(C)c1Br. The number of nitrogens with one attached hydrogen (secondary N) is 1. The summed E-state index contributed by atoms with van der Waals surface area (Å²) in [7, 11) is -2.94. The molecule has 0 fully saturated rings. The maximum atomic E-state index is 11.5. The summed E-state index contributed by atoms with van der Waals surface area (Å²) in [6.07, 6.45) is 0. The number of hydrogen-bond acceptors (Lipinski definition) is 3. The van der Waals surface area contributed by atoms with E-state index in [4.69, 9.17) is 0 Å². The van der Waals surface area contributed by atoms with E-state index >= 15 is 0 Å². The summed E-state index contributed by atoms with van der Waals surface area (Å²) in [4.78, 5) is 0. The van der Waals surface area contributed by atoms with E-state index in [9.17, 15) is 8.42 Å². The average Bonchev–Trinajstić information content (AvgIpc) is 2.24. The molecule has 0 aliphatic carbocycles. The fraction of sp³-hybridized carbons (Fsp3) is 0.500. The Morgan fingerprint density at radius 2 is 2.06 bits per heavy atom. The molecule has 1 atom stereocenters. The van der Waals surface area contributed by atoms with E-state index in [0.29, 0.717) is 0 Å². The molecule has 5 heteroatoms. The van der Waals surface area contributed by atoms with Gasteiger partial charge in [-0.3, -0.25) is 0 Å². The van der Waals surface area contributed by atoms with Gasteiger partial charge in [0.2, 0.25) is 0 Å². The van der Waals surface area contributed by atoms with Crippen LogP contribution in [0.3, 0.4) is 0 Å². The maximum Gasteiger partial charge on any atom is 0.152 e. The molecule has 3 nitrogen and oxygen atoms in total. The van der Waals surface area contributed by atoms with Crippen molar-refractivity contribution in [2.75, 3.05) is 16.8 Å². The van der Waals surface area contributed by atoms with Gasteiger partial charge < -0.3 is 5.32 Å². The number of rotatable bonds is 5. The molecule has 1 N–H and O–H groups in total. The molecular weight excluding hydrogens is 302 g/mol. The van der Waals surface area contributed by atoms with Crippen molar-refractivity contribution in [3.8, 4) is 0 Å². The first-order valence-electron chi connectivity index (χ1n) is 5.58. The third-order valence-corrected chi connectivity index (χ3v) is 5.48. The topological polar surface area (TPSA) is 46.2 Å². The van der Waals surface area contributed by atoms with Gasteiger partial charge >= 0.3 is 0 Å². The van der Waals surface area contributed by atoms with Crippen LogP contribution >= 0.6 is 15.9 Å². The van der Waals surface area contributed by atoms with E-state index in [1.54, 1.807) is 6.92 Å². The van der Waals surface area contributed by atoms with Crippen molar-refractivity contribution in [2.24, 2.45) is 0 Å². The first-order valence-corrected chi connectivity index (χ1v) is 8.19. The zero-order valence-corrected chi connectivity index (χ0v) is 12.7. The lowest BCUT2D eigenvalue weighted by molar-refractivity contribution is 0.593. The molecular formula is C12H18BrNO2S. The van der Waals surface area contributed by atoms with Gasteiger partial charge in [0, 0.05) is 22.0 Å². The molecule has 0 heterocycles. The maximum absolute atomic E-state index is 11.5. The number of halogens is 1. The molecule has 0 saturated heterocycles. The zero-order valence-electron chi connectivity index (χ0n) is 10.3. The van der Waals surface area contributed by atoms with Gasteiger partial charge in [-0.15, -0.1) is 0 Å². The Labute approximate surface area is 112 Å². The molecule has 17 heavy (non-hydrogen) atoms. The lowest BCUT2D eigenvalue weighted by atomic mass is 10.2. The largest absolute Gasteiger partial charge is 0.381 e. The van der Waals surface area contributed by atoms with E-state index in [1.165, 1.54) is 0 Å². The molecule has 1 unspecified atom stereocenters. The Bertz CT molecular complexity index is 485. The van der Waals surface area contributed by atoms with Crippen LogP contribution in [0.2, 0.25) is 0 Å². The molecule has 0 aromatic heterocycles. The fourth-order valence-corrected chi connectivity index (χ4v) is 3.02. The fourth-order valence-electron chi connectivity index (χ4n) is 1.56. The summed E-state index contributed by atoms with van der Waals surface area (Å²) in [6.45, 7) is 5.55. The molecule has 0 radical (unpaired) electrons. The summed E-state index contributed by atoms with van der Waals surface area (Å²) >= 11 is 3.49. The highest BCUT2D eigenvalue weighted by Gasteiger charge is 2.14. The molecule has 1 rings (SSSR count). The second kappa shape index (κ2) is 5.87. The Morgan fingerprint density at radius 3 is 2.65 bits per heavy atom.